The monoisotopic (exact) mass is 389 g/mol. The molecule has 0 spiro atoms. The highest BCUT2D eigenvalue weighted by Crippen LogP contribution is 2.25. The third-order valence-corrected chi connectivity index (χ3v) is 4.60. The second kappa shape index (κ2) is 9.71. The number of cyclic esters (lactones) is 1. The van der Waals surface area contributed by atoms with Gasteiger partial charge in [0.1, 0.15) is 12.2 Å². The molecule has 1 saturated heterocycles. The predicted molar refractivity (Wildman–Crippen MR) is 106 cm³/mol. The Morgan fingerprint density at radius 2 is 1.93 bits per heavy atom. The minimum absolute atomic E-state index is 0.0298. The number of unbranched alkanes of at least 4 members (excludes halogenated alkanes) is 1. The average molecular weight is 389 g/mol. The first-order valence-electron chi connectivity index (χ1n) is 9.97. The molecule has 2 atom stereocenters. The second-order valence-electron chi connectivity index (χ2n) is 8.26. The van der Waals surface area contributed by atoms with E-state index in [0.29, 0.717) is 12.8 Å². The van der Waals surface area contributed by atoms with E-state index in [9.17, 15) is 14.4 Å². The SMILES string of the molecule is CCCC[C@H](CC(=O)OC(C)(C)C)C(=O)N1C(=O)OC[C@@H]1Cc1ccccc1. The number of hydrogen-bond acceptors (Lipinski definition) is 5. The topological polar surface area (TPSA) is 72.9 Å². The molecule has 0 aromatic heterocycles. The maximum absolute atomic E-state index is 13.2. The van der Waals surface area contributed by atoms with Crippen LogP contribution in [0.2, 0.25) is 0 Å². The molecule has 2 rings (SSSR count). The van der Waals surface area contributed by atoms with Gasteiger partial charge in [-0.25, -0.2) is 9.69 Å². The summed E-state index contributed by atoms with van der Waals surface area (Å²) in [6, 6.07) is 9.33. The number of benzene rings is 1. The zero-order valence-corrected chi connectivity index (χ0v) is 17.3. The average Bonchev–Trinajstić information content (AvgIpc) is 2.97. The fraction of sp³-hybridized carbons (Fsp3) is 0.591. The van der Waals surface area contributed by atoms with Crippen molar-refractivity contribution < 1.29 is 23.9 Å². The summed E-state index contributed by atoms with van der Waals surface area (Å²) in [6.45, 7) is 7.58. The van der Waals surface area contributed by atoms with Gasteiger partial charge in [0.05, 0.1) is 12.5 Å². The van der Waals surface area contributed by atoms with Gasteiger partial charge in [-0.1, -0.05) is 50.1 Å². The molecule has 1 aliphatic heterocycles. The Labute approximate surface area is 167 Å². The van der Waals surface area contributed by atoms with Crippen molar-refractivity contribution in [3.8, 4) is 0 Å². The van der Waals surface area contributed by atoms with E-state index in [4.69, 9.17) is 9.47 Å². The highest BCUT2D eigenvalue weighted by atomic mass is 16.6. The quantitative estimate of drug-likeness (QED) is 0.626. The van der Waals surface area contributed by atoms with Gasteiger partial charge in [-0.2, -0.15) is 0 Å². The van der Waals surface area contributed by atoms with E-state index in [0.717, 1.165) is 18.4 Å². The van der Waals surface area contributed by atoms with Crippen LogP contribution in [-0.4, -0.2) is 41.1 Å². The van der Waals surface area contributed by atoms with E-state index >= 15 is 0 Å². The molecule has 1 heterocycles. The third-order valence-electron chi connectivity index (χ3n) is 4.60. The summed E-state index contributed by atoms with van der Waals surface area (Å²) >= 11 is 0. The number of carbonyl (C=O) groups excluding carboxylic acids is 3. The van der Waals surface area contributed by atoms with Gasteiger partial charge in [-0.3, -0.25) is 9.59 Å². The summed E-state index contributed by atoms with van der Waals surface area (Å²) in [5.74, 6) is -1.35. The van der Waals surface area contributed by atoms with E-state index in [1.165, 1.54) is 4.90 Å². The van der Waals surface area contributed by atoms with E-state index in [1.807, 2.05) is 37.3 Å². The van der Waals surface area contributed by atoms with Crippen LogP contribution < -0.4 is 0 Å². The molecule has 0 aliphatic carbocycles. The lowest BCUT2D eigenvalue weighted by atomic mass is 9.95. The summed E-state index contributed by atoms with van der Waals surface area (Å²) in [6.07, 6.45) is 2.11. The van der Waals surface area contributed by atoms with Crippen molar-refractivity contribution in [2.45, 2.75) is 71.4 Å². The molecule has 6 nitrogen and oxygen atoms in total. The Bertz CT molecular complexity index is 680. The Kier molecular flexibility index (Phi) is 7.61. The van der Waals surface area contributed by atoms with Crippen LogP contribution in [0.1, 0.15) is 58.9 Å². The minimum atomic E-state index is -0.628. The number of ether oxygens (including phenoxy) is 2. The molecule has 0 bridgehead atoms. The normalized spacial score (nSPS) is 17.9. The molecule has 154 valence electrons. The standard InChI is InChI=1S/C22H31NO5/c1-5-6-12-17(14-19(24)28-22(2,3)4)20(25)23-18(15-27-21(23)26)13-16-10-8-7-9-11-16/h7-11,17-18H,5-6,12-15H2,1-4H3/t17-,18+/m1/s1. The Balaban J connectivity index is 2.13. The van der Waals surface area contributed by atoms with Gasteiger partial charge in [0.15, 0.2) is 0 Å². The lowest BCUT2D eigenvalue weighted by Crippen LogP contribution is -2.44. The molecule has 0 N–H and O–H groups in total. The molecule has 1 aromatic carbocycles. The van der Waals surface area contributed by atoms with Gasteiger partial charge < -0.3 is 9.47 Å². The molecule has 1 aromatic rings. The summed E-state index contributed by atoms with van der Waals surface area (Å²) in [4.78, 5) is 39.0. The number of carbonyl (C=O) groups is 3. The van der Waals surface area contributed by atoms with E-state index in [-0.39, 0.29) is 25.0 Å². The van der Waals surface area contributed by atoms with Crippen LogP contribution in [0.25, 0.3) is 0 Å². The largest absolute Gasteiger partial charge is 0.460 e. The van der Waals surface area contributed by atoms with Gasteiger partial charge in [0, 0.05) is 5.92 Å². The van der Waals surface area contributed by atoms with Crippen LogP contribution in [0.3, 0.4) is 0 Å². The lowest BCUT2D eigenvalue weighted by molar-refractivity contribution is -0.158. The van der Waals surface area contributed by atoms with Gasteiger partial charge in [-0.15, -0.1) is 0 Å². The van der Waals surface area contributed by atoms with Crippen LogP contribution in [0.4, 0.5) is 4.79 Å². The van der Waals surface area contributed by atoms with Crippen molar-refractivity contribution in [1.82, 2.24) is 4.90 Å². The minimum Gasteiger partial charge on any atom is -0.460 e. The number of nitrogens with zero attached hydrogens (tertiary/aromatic N) is 1. The summed E-state index contributed by atoms with van der Waals surface area (Å²) in [7, 11) is 0. The van der Waals surface area contributed by atoms with Crippen molar-refractivity contribution in [1.29, 1.82) is 0 Å². The highest BCUT2D eigenvalue weighted by molar-refractivity contribution is 5.96. The molecule has 0 radical (unpaired) electrons. The first-order chi connectivity index (χ1) is 13.2. The van der Waals surface area contributed by atoms with Crippen LogP contribution in [-0.2, 0) is 25.5 Å². The number of hydrogen-bond donors (Lipinski definition) is 0. The zero-order chi connectivity index (χ0) is 20.7. The van der Waals surface area contributed by atoms with E-state index < -0.39 is 23.6 Å². The summed E-state index contributed by atoms with van der Waals surface area (Å²) < 4.78 is 10.5. The Morgan fingerprint density at radius 1 is 1.25 bits per heavy atom. The first-order valence-corrected chi connectivity index (χ1v) is 9.97. The summed E-state index contributed by atoms with van der Waals surface area (Å²) in [5.41, 5.74) is 0.415. The molecule has 1 aliphatic rings. The molecule has 28 heavy (non-hydrogen) atoms. The number of esters is 1. The van der Waals surface area contributed by atoms with E-state index in [1.54, 1.807) is 20.8 Å². The van der Waals surface area contributed by atoms with E-state index in [2.05, 4.69) is 0 Å². The molecule has 0 unspecified atom stereocenters. The van der Waals surface area contributed by atoms with Crippen molar-refractivity contribution in [2.24, 2.45) is 5.92 Å². The van der Waals surface area contributed by atoms with Gasteiger partial charge in [-0.05, 0) is 39.2 Å². The van der Waals surface area contributed by atoms with Gasteiger partial charge in [0.2, 0.25) is 5.91 Å². The second-order valence-corrected chi connectivity index (χ2v) is 8.26. The Morgan fingerprint density at radius 3 is 2.54 bits per heavy atom. The van der Waals surface area contributed by atoms with Crippen LogP contribution >= 0.6 is 0 Å². The number of imide groups is 1. The van der Waals surface area contributed by atoms with Crippen molar-refractivity contribution in [3.05, 3.63) is 35.9 Å². The first kappa shape index (κ1) is 21.9. The van der Waals surface area contributed by atoms with Crippen LogP contribution in [0.5, 0.6) is 0 Å². The predicted octanol–water partition coefficient (Wildman–Crippen LogP) is 4.11. The molecule has 6 heteroatoms. The molecular formula is C22H31NO5. The maximum atomic E-state index is 13.2. The highest BCUT2D eigenvalue weighted by Gasteiger charge is 2.41. The van der Waals surface area contributed by atoms with Gasteiger partial charge >= 0.3 is 12.1 Å². The van der Waals surface area contributed by atoms with Crippen molar-refractivity contribution >= 4 is 18.0 Å². The van der Waals surface area contributed by atoms with Crippen molar-refractivity contribution in [3.63, 3.8) is 0 Å². The van der Waals surface area contributed by atoms with Crippen LogP contribution in [0.15, 0.2) is 30.3 Å². The molecule has 1 fully saturated rings. The van der Waals surface area contributed by atoms with Crippen LogP contribution in [0, 0.1) is 5.92 Å². The maximum Gasteiger partial charge on any atom is 0.416 e. The number of amides is 2. The molecule has 0 saturated carbocycles. The summed E-state index contributed by atoms with van der Waals surface area (Å²) in [5, 5.41) is 0. The fourth-order valence-corrected chi connectivity index (χ4v) is 3.31. The molecule has 2 amide bonds. The Hall–Kier alpha value is -2.37. The van der Waals surface area contributed by atoms with Crippen molar-refractivity contribution in [2.75, 3.05) is 6.61 Å². The fourth-order valence-electron chi connectivity index (χ4n) is 3.31. The molecular weight excluding hydrogens is 358 g/mol. The zero-order valence-electron chi connectivity index (χ0n) is 17.3. The smallest absolute Gasteiger partial charge is 0.416 e. The number of rotatable bonds is 8. The lowest BCUT2D eigenvalue weighted by Gasteiger charge is -2.26. The third kappa shape index (κ3) is 6.36. The van der Waals surface area contributed by atoms with Gasteiger partial charge in [0.25, 0.3) is 0 Å².